The van der Waals surface area contributed by atoms with Gasteiger partial charge >= 0.3 is 0 Å². The van der Waals surface area contributed by atoms with E-state index in [0.717, 1.165) is 5.56 Å². The molecule has 0 unspecified atom stereocenters. The maximum Gasteiger partial charge on any atom is 0.266 e. The van der Waals surface area contributed by atoms with Crippen molar-refractivity contribution >= 4 is 34.6 Å². The average Bonchev–Trinajstić information content (AvgIpc) is 3.21. The van der Waals surface area contributed by atoms with Crippen LogP contribution in [0.25, 0.3) is 6.08 Å². The zero-order valence-electron chi connectivity index (χ0n) is 13.9. The summed E-state index contributed by atoms with van der Waals surface area (Å²) in [5.74, 6) is 0.777. The van der Waals surface area contributed by atoms with Gasteiger partial charge in [-0.1, -0.05) is 18.2 Å². The number of hydrogen-bond acceptors (Lipinski definition) is 5. The van der Waals surface area contributed by atoms with Crippen LogP contribution in [0.15, 0.2) is 52.4 Å². The number of amidine groups is 1. The lowest BCUT2D eigenvalue weighted by Crippen LogP contribution is -2.28. The second kappa shape index (κ2) is 6.84. The molecule has 1 fully saturated rings. The molecule has 0 atom stereocenters. The van der Waals surface area contributed by atoms with Crippen LogP contribution in [-0.4, -0.2) is 29.3 Å². The molecule has 0 saturated carbocycles. The Bertz CT molecular complexity index is 942. The number of nitrogens with zero attached hydrogens (tertiary/aromatic N) is 2. The molecule has 0 spiro atoms. The van der Waals surface area contributed by atoms with Crippen molar-refractivity contribution in [3.05, 3.63) is 58.8 Å². The van der Waals surface area contributed by atoms with Crippen LogP contribution in [0.3, 0.4) is 0 Å². The van der Waals surface area contributed by atoms with Crippen molar-refractivity contribution in [1.29, 1.82) is 0 Å². The quantitative estimate of drug-likeness (QED) is 0.761. The van der Waals surface area contributed by atoms with Crippen molar-refractivity contribution in [2.24, 2.45) is 4.99 Å². The molecule has 2 aliphatic heterocycles. The van der Waals surface area contributed by atoms with E-state index in [1.807, 2.05) is 25.1 Å². The van der Waals surface area contributed by atoms with Crippen molar-refractivity contribution in [2.75, 3.05) is 13.3 Å². The summed E-state index contributed by atoms with van der Waals surface area (Å²) in [5, 5.41) is 0.467. The van der Waals surface area contributed by atoms with Crippen LogP contribution in [0.4, 0.5) is 10.1 Å². The van der Waals surface area contributed by atoms with Crippen LogP contribution < -0.4 is 9.47 Å². The Hall–Kier alpha value is -2.80. The molecule has 2 aromatic carbocycles. The van der Waals surface area contributed by atoms with E-state index in [9.17, 15) is 9.18 Å². The average molecular weight is 370 g/mol. The van der Waals surface area contributed by atoms with Crippen molar-refractivity contribution in [3.63, 3.8) is 0 Å². The lowest BCUT2D eigenvalue weighted by molar-refractivity contribution is -0.122. The zero-order valence-corrected chi connectivity index (χ0v) is 14.8. The highest BCUT2D eigenvalue weighted by atomic mass is 32.2. The highest BCUT2D eigenvalue weighted by molar-refractivity contribution is 8.18. The Kier molecular flexibility index (Phi) is 4.38. The second-order valence-electron chi connectivity index (χ2n) is 5.62. The molecule has 0 N–H and O–H groups in total. The number of rotatable bonds is 3. The van der Waals surface area contributed by atoms with E-state index in [1.54, 1.807) is 24.3 Å². The van der Waals surface area contributed by atoms with Gasteiger partial charge in [-0.05, 0) is 54.6 Å². The number of likely N-dealkylation sites (N-methyl/N-ethyl adjacent to an activating group) is 1. The van der Waals surface area contributed by atoms with E-state index >= 15 is 0 Å². The largest absolute Gasteiger partial charge is 0.454 e. The van der Waals surface area contributed by atoms with Gasteiger partial charge in [0.2, 0.25) is 6.79 Å². The van der Waals surface area contributed by atoms with Gasteiger partial charge in [0.25, 0.3) is 5.91 Å². The first kappa shape index (κ1) is 16.7. The third-order valence-corrected chi connectivity index (χ3v) is 4.97. The smallest absolute Gasteiger partial charge is 0.266 e. The minimum atomic E-state index is -0.419. The summed E-state index contributed by atoms with van der Waals surface area (Å²) in [6, 6.07) is 11.7. The Morgan fingerprint density at radius 2 is 2.04 bits per heavy atom. The predicted octanol–water partition coefficient (Wildman–Crippen LogP) is 4.18. The molecular formula is C19H15FN2O3S. The Labute approximate surface area is 154 Å². The van der Waals surface area contributed by atoms with Gasteiger partial charge in [0.05, 0.1) is 4.91 Å². The van der Waals surface area contributed by atoms with Crippen LogP contribution in [-0.2, 0) is 4.79 Å². The van der Waals surface area contributed by atoms with Gasteiger partial charge in [-0.3, -0.25) is 9.69 Å². The number of aliphatic imine (C=N–C) groups is 1. The molecule has 132 valence electrons. The topological polar surface area (TPSA) is 51.1 Å². The highest BCUT2D eigenvalue weighted by Crippen LogP contribution is 2.37. The molecule has 0 aromatic heterocycles. The molecule has 0 bridgehead atoms. The number of hydrogen-bond donors (Lipinski definition) is 0. The molecule has 2 aromatic rings. The first-order chi connectivity index (χ1) is 12.7. The van der Waals surface area contributed by atoms with Gasteiger partial charge in [-0.15, -0.1) is 0 Å². The van der Waals surface area contributed by atoms with Crippen molar-refractivity contribution < 1.29 is 18.7 Å². The molecule has 5 nitrogen and oxygen atoms in total. The van der Waals surface area contributed by atoms with E-state index in [-0.39, 0.29) is 18.4 Å². The minimum Gasteiger partial charge on any atom is -0.454 e. The molecule has 1 amide bonds. The molecule has 26 heavy (non-hydrogen) atoms. The fraction of sp³-hybridized carbons (Fsp3) is 0.158. The number of carbonyl (C=O) groups is 1. The summed E-state index contributed by atoms with van der Waals surface area (Å²) >= 11 is 1.23. The van der Waals surface area contributed by atoms with Gasteiger partial charge in [-0.2, -0.15) is 0 Å². The van der Waals surface area contributed by atoms with Crippen LogP contribution >= 0.6 is 11.8 Å². The van der Waals surface area contributed by atoms with Crippen LogP contribution in [0, 0.1) is 5.82 Å². The van der Waals surface area contributed by atoms with E-state index in [4.69, 9.17) is 9.47 Å². The van der Waals surface area contributed by atoms with Crippen molar-refractivity contribution in [3.8, 4) is 11.5 Å². The number of para-hydroxylation sites is 1. The van der Waals surface area contributed by atoms with Gasteiger partial charge in [0, 0.05) is 6.54 Å². The van der Waals surface area contributed by atoms with Crippen LogP contribution in [0.1, 0.15) is 12.5 Å². The summed E-state index contributed by atoms with van der Waals surface area (Å²) in [7, 11) is 0. The van der Waals surface area contributed by atoms with E-state index in [0.29, 0.717) is 28.1 Å². The third kappa shape index (κ3) is 3.06. The minimum absolute atomic E-state index is 0.148. The number of halogens is 1. The predicted molar refractivity (Wildman–Crippen MR) is 99.0 cm³/mol. The zero-order chi connectivity index (χ0) is 18.1. The van der Waals surface area contributed by atoms with Crippen LogP contribution in [0.5, 0.6) is 11.5 Å². The van der Waals surface area contributed by atoms with E-state index in [2.05, 4.69) is 4.99 Å². The molecule has 4 rings (SSSR count). The number of ether oxygens (including phenoxy) is 2. The van der Waals surface area contributed by atoms with E-state index < -0.39 is 5.82 Å². The first-order valence-corrected chi connectivity index (χ1v) is 8.91. The standard InChI is InChI=1S/C19H15FN2O3S/c1-2-22-18(23)17(10-12-7-8-15-16(9-12)25-11-24-15)26-19(22)21-14-6-4-3-5-13(14)20/h3-10H,2,11H2,1H3/b17-10+,21-19?. The molecule has 1 saturated heterocycles. The summed E-state index contributed by atoms with van der Waals surface area (Å²) < 4.78 is 24.5. The lowest BCUT2D eigenvalue weighted by Gasteiger charge is -2.12. The number of fused-ring (bicyclic) bond motifs is 1. The molecule has 0 aliphatic carbocycles. The van der Waals surface area contributed by atoms with Crippen molar-refractivity contribution in [1.82, 2.24) is 4.90 Å². The van der Waals surface area contributed by atoms with Gasteiger partial charge in [0.1, 0.15) is 11.5 Å². The summed E-state index contributed by atoms with van der Waals surface area (Å²) in [4.78, 5) is 19.1. The van der Waals surface area contributed by atoms with E-state index in [1.165, 1.54) is 22.7 Å². The monoisotopic (exact) mass is 370 g/mol. The highest BCUT2D eigenvalue weighted by Gasteiger charge is 2.32. The maximum atomic E-state index is 13.9. The molecule has 0 radical (unpaired) electrons. The summed E-state index contributed by atoms with van der Waals surface area (Å²) in [6.45, 7) is 2.52. The number of amides is 1. The van der Waals surface area contributed by atoms with Crippen LogP contribution in [0.2, 0.25) is 0 Å². The maximum absolute atomic E-state index is 13.9. The second-order valence-corrected chi connectivity index (χ2v) is 6.63. The fourth-order valence-electron chi connectivity index (χ4n) is 2.67. The Morgan fingerprint density at radius 1 is 1.23 bits per heavy atom. The molecular weight excluding hydrogens is 355 g/mol. The normalized spacial score (nSPS) is 19.0. The Morgan fingerprint density at radius 3 is 2.85 bits per heavy atom. The number of benzene rings is 2. The van der Waals surface area contributed by atoms with Crippen molar-refractivity contribution in [2.45, 2.75) is 6.92 Å². The lowest BCUT2D eigenvalue weighted by atomic mass is 10.2. The Balaban J connectivity index is 1.66. The molecule has 7 heteroatoms. The third-order valence-electron chi connectivity index (χ3n) is 3.97. The number of thioether (sulfide) groups is 1. The van der Waals surface area contributed by atoms with Gasteiger partial charge in [0.15, 0.2) is 16.7 Å². The van der Waals surface area contributed by atoms with Gasteiger partial charge < -0.3 is 9.47 Å². The molecule has 2 aliphatic rings. The van der Waals surface area contributed by atoms with Gasteiger partial charge in [-0.25, -0.2) is 9.38 Å². The first-order valence-electron chi connectivity index (χ1n) is 8.10. The number of carbonyl (C=O) groups excluding carboxylic acids is 1. The SMILES string of the molecule is CCN1C(=O)/C(=C\c2ccc3c(c2)OCO3)SC1=Nc1ccccc1F. The summed E-state index contributed by atoms with van der Waals surface area (Å²) in [5.41, 5.74) is 1.04. The fourth-order valence-corrected chi connectivity index (χ4v) is 3.73. The molecule has 2 heterocycles. The summed E-state index contributed by atoms with van der Waals surface area (Å²) in [6.07, 6.45) is 1.78.